The van der Waals surface area contributed by atoms with Gasteiger partial charge in [-0.15, -0.1) is 0 Å². The lowest BCUT2D eigenvalue weighted by molar-refractivity contribution is 0.0302. The maximum absolute atomic E-state index is 9.93. The van der Waals surface area contributed by atoms with Gasteiger partial charge in [0.15, 0.2) is 0 Å². The molecule has 3 heteroatoms. The van der Waals surface area contributed by atoms with Crippen LogP contribution in [0.4, 0.5) is 0 Å². The highest BCUT2D eigenvalue weighted by Gasteiger charge is 2.20. The molecule has 0 spiro atoms. The maximum atomic E-state index is 9.93. The first kappa shape index (κ1) is 13.9. The van der Waals surface area contributed by atoms with Crippen molar-refractivity contribution < 1.29 is 9.84 Å². The van der Waals surface area contributed by atoms with Crippen molar-refractivity contribution in [2.45, 2.75) is 45.6 Å². The molecule has 0 heterocycles. The second kappa shape index (κ2) is 8.21. The zero-order valence-electron chi connectivity index (χ0n) is 9.81. The largest absolute Gasteiger partial charge is 0.389 e. The smallest absolute Gasteiger partial charge is 0.0766 e. The highest BCUT2D eigenvalue weighted by atomic mass is 16.5. The first-order chi connectivity index (χ1) is 6.68. The van der Waals surface area contributed by atoms with Gasteiger partial charge in [-0.1, -0.05) is 20.8 Å². The third kappa shape index (κ3) is 6.35. The fourth-order valence-corrected chi connectivity index (χ4v) is 1.21. The Morgan fingerprint density at radius 1 is 1.14 bits per heavy atom. The van der Waals surface area contributed by atoms with Crippen molar-refractivity contribution in [3.8, 4) is 0 Å². The van der Waals surface area contributed by atoms with E-state index in [1.54, 1.807) is 0 Å². The fourth-order valence-electron chi connectivity index (χ4n) is 1.21. The highest BCUT2D eigenvalue weighted by molar-refractivity contribution is 4.77. The van der Waals surface area contributed by atoms with E-state index in [9.17, 15) is 5.11 Å². The molecule has 0 unspecified atom stereocenters. The minimum Gasteiger partial charge on any atom is -0.389 e. The van der Waals surface area contributed by atoms with Gasteiger partial charge in [0.25, 0.3) is 0 Å². The monoisotopic (exact) mass is 203 g/mol. The Balaban J connectivity index is 3.34. The number of nitrogens with one attached hydrogen (secondary N) is 1. The van der Waals surface area contributed by atoms with Gasteiger partial charge < -0.3 is 15.2 Å². The summed E-state index contributed by atoms with van der Waals surface area (Å²) in [5, 5.41) is 13.1. The summed E-state index contributed by atoms with van der Waals surface area (Å²) in [6.45, 7) is 9.17. The first-order valence-electron chi connectivity index (χ1n) is 5.69. The summed E-state index contributed by atoms with van der Waals surface area (Å²) in [6, 6.07) is 0. The second-order valence-electron chi connectivity index (χ2n) is 3.72. The Bertz CT molecular complexity index is 124. The predicted octanol–water partition coefficient (Wildman–Crippen LogP) is 1.55. The van der Waals surface area contributed by atoms with Crippen LogP contribution in [0.1, 0.15) is 40.0 Å². The molecule has 0 bridgehead atoms. The van der Waals surface area contributed by atoms with Gasteiger partial charge in [0.1, 0.15) is 0 Å². The molecule has 86 valence electrons. The van der Waals surface area contributed by atoms with Crippen molar-refractivity contribution in [1.82, 2.24) is 5.32 Å². The molecule has 0 saturated heterocycles. The number of hydrogen-bond donors (Lipinski definition) is 2. The van der Waals surface area contributed by atoms with Crippen LogP contribution >= 0.6 is 0 Å². The molecule has 0 aliphatic heterocycles. The van der Waals surface area contributed by atoms with E-state index in [4.69, 9.17) is 4.74 Å². The van der Waals surface area contributed by atoms with Crippen LogP contribution in [0.3, 0.4) is 0 Å². The molecule has 0 aromatic carbocycles. The standard InChI is InChI=1S/C11H25NO2/c1-4-8-14-9-7-12-10-11(13,5-2)6-3/h12-13H,4-10H2,1-3H3. The van der Waals surface area contributed by atoms with Crippen molar-refractivity contribution in [1.29, 1.82) is 0 Å². The van der Waals surface area contributed by atoms with Crippen LogP contribution in [-0.4, -0.2) is 37.0 Å². The van der Waals surface area contributed by atoms with Crippen LogP contribution in [-0.2, 0) is 4.74 Å². The third-order valence-electron chi connectivity index (χ3n) is 2.54. The van der Waals surface area contributed by atoms with Gasteiger partial charge in [-0.3, -0.25) is 0 Å². The molecular formula is C11H25NO2. The Labute approximate surface area is 87.8 Å². The number of rotatable bonds is 9. The molecule has 0 aliphatic rings. The minimum atomic E-state index is -0.537. The molecule has 2 N–H and O–H groups in total. The van der Waals surface area contributed by atoms with Crippen LogP contribution in [0, 0.1) is 0 Å². The summed E-state index contributed by atoms with van der Waals surface area (Å²) in [5.41, 5.74) is -0.537. The lowest BCUT2D eigenvalue weighted by atomic mass is 9.98. The lowest BCUT2D eigenvalue weighted by Crippen LogP contribution is -2.40. The van der Waals surface area contributed by atoms with E-state index in [0.717, 1.165) is 39.0 Å². The van der Waals surface area contributed by atoms with Crippen LogP contribution in [0.25, 0.3) is 0 Å². The average Bonchev–Trinajstić information content (AvgIpc) is 2.23. The van der Waals surface area contributed by atoms with E-state index in [1.807, 2.05) is 13.8 Å². The SMILES string of the molecule is CCCOCCNCC(O)(CC)CC. The van der Waals surface area contributed by atoms with Crippen LogP contribution in [0.15, 0.2) is 0 Å². The molecule has 0 aromatic heterocycles. The molecule has 0 saturated carbocycles. The molecule has 0 atom stereocenters. The lowest BCUT2D eigenvalue weighted by Gasteiger charge is -2.25. The Morgan fingerprint density at radius 3 is 2.29 bits per heavy atom. The zero-order chi connectivity index (χ0) is 10.9. The Morgan fingerprint density at radius 2 is 1.79 bits per heavy atom. The van der Waals surface area contributed by atoms with Gasteiger partial charge in [0.2, 0.25) is 0 Å². The van der Waals surface area contributed by atoms with Crippen molar-refractivity contribution >= 4 is 0 Å². The summed E-state index contributed by atoms with van der Waals surface area (Å²) < 4.78 is 5.32. The van der Waals surface area contributed by atoms with Crippen LogP contribution in [0.2, 0.25) is 0 Å². The average molecular weight is 203 g/mol. The van der Waals surface area contributed by atoms with Gasteiger partial charge in [-0.25, -0.2) is 0 Å². The van der Waals surface area contributed by atoms with Gasteiger partial charge in [0.05, 0.1) is 12.2 Å². The predicted molar refractivity (Wildman–Crippen MR) is 59.5 cm³/mol. The molecule has 0 aliphatic carbocycles. The number of hydrogen-bond acceptors (Lipinski definition) is 3. The van der Waals surface area contributed by atoms with E-state index in [0.29, 0.717) is 6.54 Å². The zero-order valence-corrected chi connectivity index (χ0v) is 9.81. The van der Waals surface area contributed by atoms with Crippen LogP contribution < -0.4 is 5.32 Å². The van der Waals surface area contributed by atoms with E-state index in [-0.39, 0.29) is 0 Å². The Kier molecular flexibility index (Phi) is 8.14. The normalized spacial score (nSPS) is 12.0. The van der Waals surface area contributed by atoms with Crippen molar-refractivity contribution in [3.05, 3.63) is 0 Å². The molecule has 0 rings (SSSR count). The van der Waals surface area contributed by atoms with Gasteiger partial charge in [-0.2, -0.15) is 0 Å². The summed E-state index contributed by atoms with van der Waals surface area (Å²) in [6.07, 6.45) is 2.66. The van der Waals surface area contributed by atoms with E-state index in [1.165, 1.54) is 0 Å². The second-order valence-corrected chi connectivity index (χ2v) is 3.72. The van der Waals surface area contributed by atoms with Crippen molar-refractivity contribution in [2.24, 2.45) is 0 Å². The van der Waals surface area contributed by atoms with Gasteiger partial charge in [-0.05, 0) is 19.3 Å². The van der Waals surface area contributed by atoms with E-state index < -0.39 is 5.60 Å². The Hall–Kier alpha value is -0.120. The fraction of sp³-hybridized carbons (Fsp3) is 1.00. The third-order valence-corrected chi connectivity index (χ3v) is 2.54. The molecule has 3 nitrogen and oxygen atoms in total. The summed E-state index contributed by atoms with van der Waals surface area (Å²) in [7, 11) is 0. The summed E-state index contributed by atoms with van der Waals surface area (Å²) >= 11 is 0. The number of aliphatic hydroxyl groups is 1. The van der Waals surface area contributed by atoms with Crippen molar-refractivity contribution in [2.75, 3.05) is 26.3 Å². The minimum absolute atomic E-state index is 0.537. The molecule has 0 radical (unpaired) electrons. The quantitative estimate of drug-likeness (QED) is 0.559. The van der Waals surface area contributed by atoms with E-state index in [2.05, 4.69) is 12.2 Å². The van der Waals surface area contributed by atoms with Gasteiger partial charge in [0, 0.05) is 19.7 Å². The van der Waals surface area contributed by atoms with Crippen molar-refractivity contribution in [3.63, 3.8) is 0 Å². The molecule has 0 fully saturated rings. The van der Waals surface area contributed by atoms with Crippen LogP contribution in [0.5, 0.6) is 0 Å². The molecular weight excluding hydrogens is 178 g/mol. The summed E-state index contributed by atoms with van der Waals surface area (Å²) in [4.78, 5) is 0. The first-order valence-corrected chi connectivity index (χ1v) is 5.69. The summed E-state index contributed by atoms with van der Waals surface area (Å²) in [5.74, 6) is 0. The topological polar surface area (TPSA) is 41.5 Å². The maximum Gasteiger partial charge on any atom is 0.0766 e. The molecule has 0 amide bonds. The highest BCUT2D eigenvalue weighted by Crippen LogP contribution is 2.12. The van der Waals surface area contributed by atoms with E-state index >= 15 is 0 Å². The molecule has 14 heavy (non-hydrogen) atoms. The van der Waals surface area contributed by atoms with Gasteiger partial charge >= 0.3 is 0 Å². The molecule has 0 aromatic rings. The number of ether oxygens (including phenoxy) is 1.